The number of benzene rings is 1. The van der Waals surface area contributed by atoms with Crippen molar-refractivity contribution in [1.29, 1.82) is 0 Å². The fourth-order valence-corrected chi connectivity index (χ4v) is 2.75. The molecule has 1 N–H and O–H groups in total. The average molecular weight is 342 g/mol. The van der Waals surface area contributed by atoms with E-state index in [0.717, 1.165) is 43.3 Å². The summed E-state index contributed by atoms with van der Waals surface area (Å²) in [7, 11) is 0. The number of halogens is 1. The molecular weight excluding hydrogens is 314 g/mol. The molecule has 23 heavy (non-hydrogen) atoms. The van der Waals surface area contributed by atoms with Crippen LogP contribution in [0.15, 0.2) is 24.3 Å². The second-order valence-corrected chi connectivity index (χ2v) is 5.78. The van der Waals surface area contributed by atoms with Gasteiger partial charge in [0.1, 0.15) is 5.75 Å². The van der Waals surface area contributed by atoms with Crippen LogP contribution in [0.5, 0.6) is 5.75 Å². The molecule has 5 heteroatoms. The van der Waals surface area contributed by atoms with Crippen LogP contribution in [0.25, 0.3) is 0 Å². The number of carbonyl (C=O) groups excluding carboxylic acids is 1. The van der Waals surface area contributed by atoms with E-state index in [4.69, 9.17) is 9.47 Å². The van der Waals surface area contributed by atoms with Crippen molar-refractivity contribution in [3.8, 4) is 5.75 Å². The Balaban J connectivity index is 0.00000264. The Morgan fingerprint density at radius 2 is 1.91 bits per heavy atom. The average Bonchev–Trinajstić information content (AvgIpc) is 2.55. The van der Waals surface area contributed by atoms with Crippen molar-refractivity contribution in [2.24, 2.45) is 5.92 Å². The predicted octanol–water partition coefficient (Wildman–Crippen LogP) is 3.37. The number of ether oxygens (including phenoxy) is 2. The summed E-state index contributed by atoms with van der Waals surface area (Å²) in [6.45, 7) is 5.34. The third-order valence-electron chi connectivity index (χ3n) is 4.10. The zero-order valence-electron chi connectivity index (χ0n) is 13.9. The van der Waals surface area contributed by atoms with Crippen LogP contribution in [0.2, 0.25) is 0 Å². The SMILES string of the molecule is CCOC(=O)CCc1ccc(OCCC2CCNCC2)cc1.Cl. The van der Waals surface area contributed by atoms with E-state index >= 15 is 0 Å². The molecule has 0 amide bonds. The largest absolute Gasteiger partial charge is 0.494 e. The normalized spacial score (nSPS) is 14.8. The number of hydrogen-bond donors (Lipinski definition) is 1. The van der Waals surface area contributed by atoms with Gasteiger partial charge < -0.3 is 14.8 Å². The van der Waals surface area contributed by atoms with Crippen molar-refractivity contribution >= 4 is 18.4 Å². The third-order valence-corrected chi connectivity index (χ3v) is 4.10. The van der Waals surface area contributed by atoms with Crippen LogP contribution in [-0.2, 0) is 16.0 Å². The zero-order valence-corrected chi connectivity index (χ0v) is 14.7. The van der Waals surface area contributed by atoms with Gasteiger partial charge in [-0.1, -0.05) is 12.1 Å². The first-order valence-electron chi connectivity index (χ1n) is 8.36. The number of piperidine rings is 1. The van der Waals surface area contributed by atoms with Crippen molar-refractivity contribution in [2.75, 3.05) is 26.3 Å². The molecule has 2 rings (SSSR count). The van der Waals surface area contributed by atoms with Crippen LogP contribution in [0.4, 0.5) is 0 Å². The molecule has 1 saturated heterocycles. The maximum Gasteiger partial charge on any atom is 0.306 e. The van der Waals surface area contributed by atoms with E-state index in [-0.39, 0.29) is 18.4 Å². The minimum absolute atomic E-state index is 0. The van der Waals surface area contributed by atoms with Gasteiger partial charge in [0, 0.05) is 6.42 Å². The van der Waals surface area contributed by atoms with Gasteiger partial charge in [0.15, 0.2) is 0 Å². The van der Waals surface area contributed by atoms with Gasteiger partial charge in [-0.2, -0.15) is 0 Å². The molecule has 130 valence electrons. The molecule has 1 aliphatic rings. The lowest BCUT2D eigenvalue weighted by Gasteiger charge is -2.22. The first-order chi connectivity index (χ1) is 10.8. The molecule has 0 bridgehead atoms. The second kappa shape index (κ2) is 11.3. The topological polar surface area (TPSA) is 47.6 Å². The highest BCUT2D eigenvalue weighted by Crippen LogP contribution is 2.18. The molecule has 1 fully saturated rings. The summed E-state index contributed by atoms with van der Waals surface area (Å²) < 4.78 is 10.7. The number of aryl methyl sites for hydroxylation is 1. The van der Waals surface area contributed by atoms with Crippen LogP contribution in [0.3, 0.4) is 0 Å². The first kappa shape index (κ1) is 19.8. The third kappa shape index (κ3) is 7.71. The Bertz CT molecular complexity index is 444. The molecular formula is C18H28ClNO3. The minimum atomic E-state index is -0.134. The van der Waals surface area contributed by atoms with E-state index in [2.05, 4.69) is 5.32 Å². The van der Waals surface area contributed by atoms with Crippen molar-refractivity contribution in [1.82, 2.24) is 5.32 Å². The quantitative estimate of drug-likeness (QED) is 0.736. The summed E-state index contributed by atoms with van der Waals surface area (Å²) in [5.74, 6) is 1.57. The molecule has 0 radical (unpaired) electrons. The van der Waals surface area contributed by atoms with Crippen molar-refractivity contribution in [3.63, 3.8) is 0 Å². The van der Waals surface area contributed by atoms with E-state index in [1.807, 2.05) is 31.2 Å². The lowest BCUT2D eigenvalue weighted by atomic mass is 9.95. The van der Waals surface area contributed by atoms with Gasteiger partial charge in [0.25, 0.3) is 0 Å². The first-order valence-corrected chi connectivity index (χ1v) is 8.36. The predicted molar refractivity (Wildman–Crippen MR) is 94.3 cm³/mol. The summed E-state index contributed by atoms with van der Waals surface area (Å²) >= 11 is 0. The number of nitrogens with one attached hydrogen (secondary N) is 1. The molecule has 0 aliphatic carbocycles. The highest BCUT2D eigenvalue weighted by molar-refractivity contribution is 5.85. The Morgan fingerprint density at radius 3 is 2.57 bits per heavy atom. The van der Waals surface area contributed by atoms with E-state index in [0.29, 0.717) is 19.4 Å². The number of carbonyl (C=O) groups is 1. The van der Waals surface area contributed by atoms with Crippen molar-refractivity contribution in [3.05, 3.63) is 29.8 Å². The fraction of sp³-hybridized carbons (Fsp3) is 0.611. The second-order valence-electron chi connectivity index (χ2n) is 5.78. The minimum Gasteiger partial charge on any atom is -0.494 e. The number of rotatable bonds is 8. The number of hydrogen-bond acceptors (Lipinski definition) is 4. The monoisotopic (exact) mass is 341 g/mol. The van der Waals surface area contributed by atoms with E-state index in [1.165, 1.54) is 12.8 Å². The maximum atomic E-state index is 11.3. The highest BCUT2D eigenvalue weighted by Gasteiger charge is 2.12. The van der Waals surface area contributed by atoms with E-state index in [1.54, 1.807) is 0 Å². The molecule has 1 heterocycles. The molecule has 0 atom stereocenters. The number of esters is 1. The van der Waals surface area contributed by atoms with Crippen LogP contribution in [0, 0.1) is 5.92 Å². The smallest absolute Gasteiger partial charge is 0.306 e. The Labute approximate surface area is 145 Å². The van der Waals surface area contributed by atoms with Crippen molar-refractivity contribution in [2.45, 2.75) is 39.0 Å². The van der Waals surface area contributed by atoms with Crippen LogP contribution < -0.4 is 10.1 Å². The molecule has 0 spiro atoms. The summed E-state index contributed by atoms with van der Waals surface area (Å²) in [4.78, 5) is 11.3. The van der Waals surface area contributed by atoms with Gasteiger partial charge in [-0.05, 0) is 69.3 Å². The van der Waals surface area contributed by atoms with Gasteiger partial charge in [-0.3, -0.25) is 4.79 Å². The van der Waals surface area contributed by atoms with Gasteiger partial charge in [-0.25, -0.2) is 0 Å². The Morgan fingerprint density at radius 1 is 1.22 bits per heavy atom. The van der Waals surface area contributed by atoms with Crippen LogP contribution in [0.1, 0.15) is 38.2 Å². The van der Waals surface area contributed by atoms with Gasteiger partial charge in [0.05, 0.1) is 13.2 Å². The molecule has 1 aromatic carbocycles. The summed E-state index contributed by atoms with van der Waals surface area (Å²) in [5, 5.41) is 3.38. The molecule has 0 saturated carbocycles. The van der Waals surface area contributed by atoms with E-state index in [9.17, 15) is 4.79 Å². The Hall–Kier alpha value is -1.26. The van der Waals surface area contributed by atoms with Crippen molar-refractivity contribution < 1.29 is 14.3 Å². The standard InChI is InChI=1S/C18H27NO3.ClH/c1-2-21-18(20)8-5-15-3-6-17(7-4-15)22-14-11-16-9-12-19-13-10-16;/h3-4,6-7,16,19H,2,5,8-14H2,1H3;1H. The molecule has 0 unspecified atom stereocenters. The van der Waals surface area contributed by atoms with Crippen LogP contribution >= 0.6 is 12.4 Å². The van der Waals surface area contributed by atoms with Gasteiger partial charge >= 0.3 is 5.97 Å². The maximum absolute atomic E-state index is 11.3. The molecule has 1 aromatic rings. The summed E-state index contributed by atoms with van der Waals surface area (Å²) in [6.07, 6.45) is 4.80. The Kier molecular flexibility index (Phi) is 9.72. The molecule has 4 nitrogen and oxygen atoms in total. The van der Waals surface area contributed by atoms with Crippen LogP contribution in [-0.4, -0.2) is 32.3 Å². The fourth-order valence-electron chi connectivity index (χ4n) is 2.75. The van der Waals surface area contributed by atoms with Gasteiger partial charge in [0.2, 0.25) is 0 Å². The van der Waals surface area contributed by atoms with Gasteiger partial charge in [-0.15, -0.1) is 12.4 Å². The summed E-state index contributed by atoms with van der Waals surface area (Å²) in [5.41, 5.74) is 1.14. The zero-order chi connectivity index (χ0) is 15.6. The highest BCUT2D eigenvalue weighted by atomic mass is 35.5. The lowest BCUT2D eigenvalue weighted by molar-refractivity contribution is -0.143. The molecule has 0 aromatic heterocycles. The lowest BCUT2D eigenvalue weighted by Crippen LogP contribution is -2.28. The molecule has 1 aliphatic heterocycles. The summed E-state index contributed by atoms with van der Waals surface area (Å²) in [6, 6.07) is 8.03. The van der Waals surface area contributed by atoms with E-state index < -0.39 is 0 Å².